The van der Waals surface area contributed by atoms with Gasteiger partial charge in [-0.25, -0.2) is 0 Å². The van der Waals surface area contributed by atoms with Crippen LogP contribution in [0, 0.1) is 22.7 Å². The fourth-order valence-electron chi connectivity index (χ4n) is 4.66. The third kappa shape index (κ3) is 2.01. The minimum atomic E-state index is 0.678. The molecule has 0 radical (unpaired) electrons. The van der Waals surface area contributed by atoms with Gasteiger partial charge in [0.15, 0.2) is 0 Å². The molecule has 0 saturated carbocycles. The highest BCUT2D eigenvalue weighted by molar-refractivity contribution is 6.17. The molecule has 132 valence electrons. The van der Waals surface area contributed by atoms with Crippen molar-refractivity contribution < 1.29 is 0 Å². The third-order valence-corrected chi connectivity index (χ3v) is 6.03. The van der Waals surface area contributed by atoms with Crippen LogP contribution in [0.1, 0.15) is 36.1 Å². The minimum Gasteiger partial charge on any atom is -0.192 e. The molecule has 0 fully saturated rings. The van der Waals surface area contributed by atoms with Crippen LogP contribution in [0.15, 0.2) is 48.5 Å². The minimum absolute atomic E-state index is 0.678. The number of benzene rings is 4. The second-order valence-corrected chi connectivity index (χ2v) is 7.34. The lowest BCUT2D eigenvalue weighted by Gasteiger charge is -2.28. The zero-order chi connectivity index (χ0) is 19.4. The normalized spacial score (nSPS) is 11.4. The summed E-state index contributed by atoms with van der Waals surface area (Å²) >= 11 is 0. The van der Waals surface area contributed by atoms with Gasteiger partial charge in [0.2, 0.25) is 0 Å². The summed E-state index contributed by atoms with van der Waals surface area (Å²) < 4.78 is 0. The first kappa shape index (κ1) is 16.5. The van der Waals surface area contributed by atoms with Crippen LogP contribution >= 0.6 is 0 Å². The molecule has 0 N–H and O–H groups in total. The number of fused-ring (bicyclic) bond motifs is 6. The van der Waals surface area contributed by atoms with E-state index in [-0.39, 0.29) is 0 Å². The molecule has 1 aliphatic rings. The Bertz CT molecular complexity index is 1290. The standard InChI is InChI=1S/C26H18N2/c1-3-15-9-17-11-21-22(12-18(17)10-16(15)4-2)26-24(14-28)20-8-6-5-7-19(20)23(13-27)25(21)26/h5-12H,3-4H2,1-2H3. The quantitative estimate of drug-likeness (QED) is 0.361. The Morgan fingerprint density at radius 3 is 1.46 bits per heavy atom. The van der Waals surface area contributed by atoms with E-state index < -0.39 is 0 Å². The topological polar surface area (TPSA) is 47.6 Å². The maximum atomic E-state index is 9.89. The number of nitrogens with zero attached hydrogens (tertiary/aromatic N) is 2. The van der Waals surface area contributed by atoms with E-state index in [1.807, 2.05) is 24.3 Å². The molecule has 2 nitrogen and oxygen atoms in total. The molecule has 0 bridgehead atoms. The van der Waals surface area contributed by atoms with Crippen LogP contribution in [0.5, 0.6) is 0 Å². The first-order valence-corrected chi connectivity index (χ1v) is 9.71. The summed E-state index contributed by atoms with van der Waals surface area (Å²) in [6, 6.07) is 21.5. The van der Waals surface area contributed by atoms with E-state index in [1.54, 1.807) is 0 Å². The van der Waals surface area contributed by atoms with Crippen molar-refractivity contribution in [3.63, 3.8) is 0 Å². The van der Waals surface area contributed by atoms with Gasteiger partial charge in [0.05, 0.1) is 11.1 Å². The van der Waals surface area contributed by atoms with Gasteiger partial charge in [-0.15, -0.1) is 0 Å². The van der Waals surface area contributed by atoms with Crippen molar-refractivity contribution in [3.8, 4) is 34.4 Å². The lowest BCUT2D eigenvalue weighted by atomic mass is 9.72. The van der Waals surface area contributed by atoms with Gasteiger partial charge in [-0.05, 0) is 58.0 Å². The Labute approximate surface area is 164 Å². The summed E-state index contributed by atoms with van der Waals surface area (Å²) in [5, 5.41) is 23.9. The lowest BCUT2D eigenvalue weighted by Crippen LogP contribution is -2.06. The van der Waals surface area contributed by atoms with Crippen molar-refractivity contribution in [2.24, 2.45) is 0 Å². The Morgan fingerprint density at radius 1 is 0.679 bits per heavy atom. The summed E-state index contributed by atoms with van der Waals surface area (Å²) in [7, 11) is 0. The highest BCUT2D eigenvalue weighted by atomic mass is 14.4. The molecule has 0 saturated heterocycles. The number of nitriles is 2. The molecule has 0 aromatic heterocycles. The molecule has 0 spiro atoms. The summed E-state index contributed by atoms with van der Waals surface area (Å²) in [6.45, 7) is 4.38. The molecule has 0 amide bonds. The molecule has 0 aliphatic heterocycles. The van der Waals surface area contributed by atoms with Crippen molar-refractivity contribution in [3.05, 3.63) is 70.8 Å². The van der Waals surface area contributed by atoms with E-state index in [9.17, 15) is 10.5 Å². The van der Waals surface area contributed by atoms with Crippen molar-refractivity contribution in [1.82, 2.24) is 0 Å². The van der Waals surface area contributed by atoms with Crippen LogP contribution < -0.4 is 0 Å². The van der Waals surface area contributed by atoms with Gasteiger partial charge in [-0.2, -0.15) is 10.5 Å². The first-order chi connectivity index (χ1) is 13.7. The molecule has 1 aliphatic carbocycles. The Hall–Kier alpha value is -3.62. The summed E-state index contributed by atoms with van der Waals surface area (Å²) in [5.41, 5.74) is 8.17. The Kier molecular flexibility index (Phi) is 3.51. The predicted molar refractivity (Wildman–Crippen MR) is 114 cm³/mol. The highest BCUT2D eigenvalue weighted by Crippen LogP contribution is 2.54. The van der Waals surface area contributed by atoms with E-state index >= 15 is 0 Å². The molecular formula is C26H18N2. The van der Waals surface area contributed by atoms with Crippen LogP contribution in [0.4, 0.5) is 0 Å². The van der Waals surface area contributed by atoms with Gasteiger partial charge >= 0.3 is 0 Å². The van der Waals surface area contributed by atoms with Crippen LogP contribution in [-0.4, -0.2) is 0 Å². The van der Waals surface area contributed by atoms with E-state index in [0.29, 0.717) is 11.1 Å². The van der Waals surface area contributed by atoms with Crippen molar-refractivity contribution in [2.45, 2.75) is 26.7 Å². The highest BCUT2D eigenvalue weighted by Gasteiger charge is 2.31. The zero-order valence-electron chi connectivity index (χ0n) is 15.9. The molecule has 0 heterocycles. The molecule has 4 aromatic rings. The smallest absolute Gasteiger partial charge is 0.100 e. The largest absolute Gasteiger partial charge is 0.192 e. The molecule has 0 atom stereocenters. The van der Waals surface area contributed by atoms with Gasteiger partial charge in [-0.3, -0.25) is 0 Å². The SMILES string of the molecule is CCc1cc2cc3c(cc2cc1CC)-c1c-3c(C#N)c2ccccc2c1C#N. The molecular weight excluding hydrogens is 340 g/mol. The molecule has 5 rings (SSSR count). The number of rotatable bonds is 2. The van der Waals surface area contributed by atoms with Crippen molar-refractivity contribution in [2.75, 3.05) is 0 Å². The van der Waals surface area contributed by atoms with E-state index in [0.717, 1.165) is 45.9 Å². The predicted octanol–water partition coefficient (Wildman–Crippen LogP) is 6.51. The Morgan fingerprint density at radius 2 is 1.11 bits per heavy atom. The summed E-state index contributed by atoms with van der Waals surface area (Å²) in [6.07, 6.45) is 2.03. The van der Waals surface area contributed by atoms with Gasteiger partial charge in [0.1, 0.15) is 12.1 Å². The number of hydrogen-bond acceptors (Lipinski definition) is 2. The van der Waals surface area contributed by atoms with Gasteiger partial charge < -0.3 is 0 Å². The first-order valence-electron chi connectivity index (χ1n) is 9.71. The maximum absolute atomic E-state index is 9.89. The van der Waals surface area contributed by atoms with E-state index in [2.05, 4.69) is 50.3 Å². The second kappa shape index (κ2) is 5.95. The molecule has 4 aromatic carbocycles. The van der Waals surface area contributed by atoms with Crippen LogP contribution in [-0.2, 0) is 12.8 Å². The zero-order valence-corrected chi connectivity index (χ0v) is 15.9. The van der Waals surface area contributed by atoms with Crippen molar-refractivity contribution in [1.29, 1.82) is 10.5 Å². The monoisotopic (exact) mass is 358 g/mol. The fraction of sp³-hybridized carbons (Fsp3) is 0.154. The molecule has 0 unspecified atom stereocenters. The third-order valence-electron chi connectivity index (χ3n) is 6.03. The molecule has 2 heteroatoms. The van der Waals surface area contributed by atoms with Crippen LogP contribution in [0.25, 0.3) is 43.8 Å². The Balaban J connectivity index is 1.88. The van der Waals surface area contributed by atoms with E-state index in [4.69, 9.17) is 0 Å². The van der Waals surface area contributed by atoms with Crippen LogP contribution in [0.3, 0.4) is 0 Å². The van der Waals surface area contributed by atoms with Gasteiger partial charge in [-0.1, -0.05) is 50.2 Å². The van der Waals surface area contributed by atoms with Gasteiger partial charge in [0.25, 0.3) is 0 Å². The number of aryl methyl sites for hydroxylation is 2. The van der Waals surface area contributed by atoms with Gasteiger partial charge in [0, 0.05) is 21.9 Å². The van der Waals surface area contributed by atoms with E-state index in [1.165, 1.54) is 21.9 Å². The lowest BCUT2D eigenvalue weighted by molar-refractivity contribution is 1.04. The summed E-state index contributed by atoms with van der Waals surface area (Å²) in [5.74, 6) is 0. The van der Waals surface area contributed by atoms with Crippen molar-refractivity contribution >= 4 is 21.5 Å². The average Bonchev–Trinajstić information content (AvgIpc) is 2.74. The second-order valence-electron chi connectivity index (χ2n) is 7.34. The average molecular weight is 358 g/mol. The maximum Gasteiger partial charge on any atom is 0.100 e. The fourth-order valence-corrected chi connectivity index (χ4v) is 4.66. The van der Waals surface area contributed by atoms with Crippen LogP contribution in [0.2, 0.25) is 0 Å². The summed E-state index contributed by atoms with van der Waals surface area (Å²) in [4.78, 5) is 0. The molecule has 28 heavy (non-hydrogen) atoms. The number of hydrogen-bond donors (Lipinski definition) is 0.